The van der Waals surface area contributed by atoms with Gasteiger partial charge in [-0.25, -0.2) is 0 Å². The van der Waals surface area contributed by atoms with Crippen LogP contribution in [0.5, 0.6) is 0 Å². The highest BCUT2D eigenvalue weighted by Crippen LogP contribution is 2.25. The smallest absolute Gasteiger partial charge is 0.0588 e. The fourth-order valence-corrected chi connectivity index (χ4v) is 3.32. The predicted octanol–water partition coefficient (Wildman–Crippen LogP) is 3.50. The molecule has 0 spiro atoms. The van der Waals surface area contributed by atoms with Crippen molar-refractivity contribution in [3.63, 3.8) is 0 Å². The van der Waals surface area contributed by atoms with E-state index in [1.54, 1.807) is 0 Å². The molecule has 17 heavy (non-hydrogen) atoms. The molecule has 2 atom stereocenters. The summed E-state index contributed by atoms with van der Waals surface area (Å²) in [5.74, 6) is 0.919. The average molecular weight is 239 g/mol. The quantitative estimate of drug-likeness (QED) is 0.741. The molecular weight excluding hydrogens is 210 g/mol. The van der Waals surface area contributed by atoms with Gasteiger partial charge in [0.05, 0.1) is 6.10 Å². The molecule has 1 saturated heterocycles. The lowest BCUT2D eigenvalue weighted by Crippen LogP contribution is -2.35. The van der Waals surface area contributed by atoms with Gasteiger partial charge in [-0.3, -0.25) is 0 Å². The Hall–Kier alpha value is -0.0800. The van der Waals surface area contributed by atoms with E-state index in [9.17, 15) is 0 Å². The zero-order chi connectivity index (χ0) is 11.9. The highest BCUT2D eigenvalue weighted by Gasteiger charge is 2.19. The van der Waals surface area contributed by atoms with Crippen LogP contribution in [0, 0.1) is 5.92 Å². The molecule has 2 rings (SSSR count). The molecule has 1 unspecified atom stereocenters. The van der Waals surface area contributed by atoms with Crippen LogP contribution in [0.1, 0.15) is 64.7 Å². The first-order valence-electron chi connectivity index (χ1n) is 7.71. The Morgan fingerprint density at radius 1 is 1.06 bits per heavy atom. The lowest BCUT2D eigenvalue weighted by Gasteiger charge is -2.24. The Balaban J connectivity index is 1.60. The molecule has 1 aliphatic carbocycles. The fourth-order valence-electron chi connectivity index (χ4n) is 3.32. The van der Waals surface area contributed by atoms with Gasteiger partial charge in [-0.15, -0.1) is 0 Å². The SMILES string of the molecule is C[C@@H](NCCC1CCCO1)C1CCCCCC1. The molecular formula is C15H29NO. The summed E-state index contributed by atoms with van der Waals surface area (Å²) in [5.41, 5.74) is 0. The molecule has 0 radical (unpaired) electrons. The third-order valence-corrected chi connectivity index (χ3v) is 4.56. The van der Waals surface area contributed by atoms with Gasteiger partial charge in [0.15, 0.2) is 0 Å². The lowest BCUT2D eigenvalue weighted by atomic mass is 9.93. The van der Waals surface area contributed by atoms with Gasteiger partial charge < -0.3 is 10.1 Å². The van der Waals surface area contributed by atoms with Crippen LogP contribution >= 0.6 is 0 Å². The minimum Gasteiger partial charge on any atom is -0.378 e. The van der Waals surface area contributed by atoms with Crippen molar-refractivity contribution in [2.75, 3.05) is 13.2 Å². The Labute approximate surface area is 107 Å². The van der Waals surface area contributed by atoms with Crippen LogP contribution in [0.2, 0.25) is 0 Å². The zero-order valence-corrected chi connectivity index (χ0v) is 11.4. The van der Waals surface area contributed by atoms with Crippen molar-refractivity contribution in [3.8, 4) is 0 Å². The minimum atomic E-state index is 0.545. The summed E-state index contributed by atoms with van der Waals surface area (Å²) in [6.07, 6.45) is 13.0. The topological polar surface area (TPSA) is 21.3 Å². The van der Waals surface area contributed by atoms with Crippen molar-refractivity contribution < 1.29 is 4.74 Å². The Kier molecular flexibility index (Phi) is 5.79. The highest BCUT2D eigenvalue weighted by molar-refractivity contribution is 4.76. The normalized spacial score (nSPS) is 29.1. The largest absolute Gasteiger partial charge is 0.378 e. The molecule has 0 bridgehead atoms. The van der Waals surface area contributed by atoms with Crippen LogP contribution in [0.4, 0.5) is 0 Å². The second kappa shape index (κ2) is 7.38. The molecule has 0 amide bonds. The van der Waals surface area contributed by atoms with E-state index in [-0.39, 0.29) is 0 Å². The summed E-state index contributed by atoms with van der Waals surface area (Å²) in [7, 11) is 0. The van der Waals surface area contributed by atoms with Gasteiger partial charge in [-0.1, -0.05) is 25.7 Å². The first-order chi connectivity index (χ1) is 8.36. The number of hydrogen-bond acceptors (Lipinski definition) is 2. The second-order valence-electron chi connectivity index (χ2n) is 5.92. The molecule has 1 heterocycles. The number of nitrogens with one attached hydrogen (secondary N) is 1. The van der Waals surface area contributed by atoms with Crippen LogP contribution < -0.4 is 5.32 Å². The predicted molar refractivity (Wildman–Crippen MR) is 72.2 cm³/mol. The van der Waals surface area contributed by atoms with Crippen molar-refractivity contribution in [2.45, 2.75) is 76.9 Å². The van der Waals surface area contributed by atoms with Crippen LogP contribution in [0.3, 0.4) is 0 Å². The van der Waals surface area contributed by atoms with Gasteiger partial charge in [0, 0.05) is 12.6 Å². The van der Waals surface area contributed by atoms with E-state index in [0.29, 0.717) is 12.1 Å². The van der Waals surface area contributed by atoms with Gasteiger partial charge in [0.2, 0.25) is 0 Å². The summed E-state index contributed by atoms with van der Waals surface area (Å²) >= 11 is 0. The monoisotopic (exact) mass is 239 g/mol. The summed E-state index contributed by atoms with van der Waals surface area (Å²) in [4.78, 5) is 0. The van der Waals surface area contributed by atoms with Crippen molar-refractivity contribution >= 4 is 0 Å². The summed E-state index contributed by atoms with van der Waals surface area (Å²) in [6.45, 7) is 4.51. The van der Waals surface area contributed by atoms with E-state index in [1.165, 1.54) is 57.8 Å². The molecule has 2 heteroatoms. The molecule has 100 valence electrons. The van der Waals surface area contributed by atoms with Crippen LogP contribution in [0.25, 0.3) is 0 Å². The number of hydrogen-bond donors (Lipinski definition) is 1. The third kappa shape index (κ3) is 4.59. The lowest BCUT2D eigenvalue weighted by molar-refractivity contribution is 0.103. The van der Waals surface area contributed by atoms with Crippen molar-refractivity contribution in [2.24, 2.45) is 5.92 Å². The molecule has 1 saturated carbocycles. The van der Waals surface area contributed by atoms with Crippen molar-refractivity contribution in [3.05, 3.63) is 0 Å². The molecule has 0 aromatic carbocycles. The van der Waals surface area contributed by atoms with Crippen molar-refractivity contribution in [1.29, 1.82) is 0 Å². The van der Waals surface area contributed by atoms with Gasteiger partial charge in [0.1, 0.15) is 0 Å². The number of rotatable bonds is 5. The van der Waals surface area contributed by atoms with Gasteiger partial charge in [-0.2, -0.15) is 0 Å². The van der Waals surface area contributed by atoms with Crippen LogP contribution in [-0.4, -0.2) is 25.3 Å². The maximum absolute atomic E-state index is 5.66. The summed E-state index contributed by atoms with van der Waals surface area (Å²) in [6, 6.07) is 0.703. The average Bonchev–Trinajstić information content (AvgIpc) is 2.69. The molecule has 2 fully saturated rings. The third-order valence-electron chi connectivity index (χ3n) is 4.56. The van der Waals surface area contributed by atoms with E-state index in [4.69, 9.17) is 4.74 Å². The Morgan fingerprint density at radius 3 is 2.47 bits per heavy atom. The molecule has 0 aromatic rings. The molecule has 1 aliphatic heterocycles. The summed E-state index contributed by atoms with van der Waals surface area (Å²) in [5, 5.41) is 3.73. The maximum Gasteiger partial charge on any atom is 0.0588 e. The first-order valence-corrected chi connectivity index (χ1v) is 7.71. The van der Waals surface area contributed by atoms with Gasteiger partial charge in [0.25, 0.3) is 0 Å². The van der Waals surface area contributed by atoms with Crippen LogP contribution in [0.15, 0.2) is 0 Å². The van der Waals surface area contributed by atoms with Gasteiger partial charge in [-0.05, 0) is 51.5 Å². The van der Waals surface area contributed by atoms with Crippen LogP contribution in [-0.2, 0) is 4.74 Å². The maximum atomic E-state index is 5.66. The number of ether oxygens (including phenoxy) is 1. The Morgan fingerprint density at radius 2 is 1.82 bits per heavy atom. The molecule has 1 N–H and O–H groups in total. The molecule has 0 aromatic heterocycles. The van der Waals surface area contributed by atoms with E-state index in [0.717, 1.165) is 19.1 Å². The minimum absolute atomic E-state index is 0.545. The highest BCUT2D eigenvalue weighted by atomic mass is 16.5. The van der Waals surface area contributed by atoms with Crippen molar-refractivity contribution in [1.82, 2.24) is 5.32 Å². The second-order valence-corrected chi connectivity index (χ2v) is 5.92. The zero-order valence-electron chi connectivity index (χ0n) is 11.4. The van der Waals surface area contributed by atoms with E-state index in [2.05, 4.69) is 12.2 Å². The standard InChI is InChI=1S/C15H29NO/c1-13(14-7-4-2-3-5-8-14)16-11-10-15-9-6-12-17-15/h13-16H,2-12H2,1H3/t13-,15?/m1/s1. The summed E-state index contributed by atoms with van der Waals surface area (Å²) < 4.78 is 5.66. The molecule has 2 nitrogen and oxygen atoms in total. The van der Waals surface area contributed by atoms with E-state index < -0.39 is 0 Å². The first kappa shape index (κ1) is 13.4. The van der Waals surface area contributed by atoms with Gasteiger partial charge >= 0.3 is 0 Å². The fraction of sp³-hybridized carbons (Fsp3) is 1.00. The Bertz CT molecular complexity index is 193. The van der Waals surface area contributed by atoms with E-state index in [1.807, 2.05) is 0 Å². The molecule has 2 aliphatic rings. The van der Waals surface area contributed by atoms with E-state index >= 15 is 0 Å².